The molecule has 0 aliphatic rings. The number of methoxy groups -OCH3 is 1. The highest BCUT2D eigenvalue weighted by molar-refractivity contribution is 7.80. The molecular formula is C19H21ClN2O3S. The first-order valence-electron chi connectivity index (χ1n) is 8.08. The van der Waals surface area contributed by atoms with Crippen molar-refractivity contribution >= 4 is 40.5 Å². The molecule has 5 nitrogen and oxygen atoms in total. The lowest BCUT2D eigenvalue weighted by Crippen LogP contribution is -2.34. The summed E-state index contributed by atoms with van der Waals surface area (Å²) in [6, 6.07) is 12.2. The van der Waals surface area contributed by atoms with E-state index in [1.807, 2.05) is 19.9 Å². The number of para-hydroxylation sites is 1. The Morgan fingerprint density at radius 1 is 1.19 bits per heavy atom. The number of hydrogen-bond acceptors (Lipinski definition) is 4. The Morgan fingerprint density at radius 3 is 2.58 bits per heavy atom. The molecule has 0 aromatic heterocycles. The van der Waals surface area contributed by atoms with Gasteiger partial charge >= 0.3 is 0 Å². The molecule has 26 heavy (non-hydrogen) atoms. The van der Waals surface area contributed by atoms with E-state index in [4.69, 9.17) is 33.3 Å². The van der Waals surface area contributed by atoms with Crippen LogP contribution in [0.3, 0.4) is 0 Å². The van der Waals surface area contributed by atoms with Crippen LogP contribution >= 0.6 is 23.8 Å². The highest BCUT2D eigenvalue weighted by Gasteiger charge is 2.14. The lowest BCUT2D eigenvalue weighted by atomic mass is 10.2. The van der Waals surface area contributed by atoms with Gasteiger partial charge < -0.3 is 14.8 Å². The van der Waals surface area contributed by atoms with Gasteiger partial charge in [-0.15, -0.1) is 0 Å². The molecule has 0 saturated heterocycles. The first-order valence-corrected chi connectivity index (χ1v) is 8.87. The van der Waals surface area contributed by atoms with Gasteiger partial charge in [0.2, 0.25) is 0 Å². The van der Waals surface area contributed by atoms with Gasteiger partial charge in [0.15, 0.2) is 5.11 Å². The molecule has 2 N–H and O–H groups in total. The van der Waals surface area contributed by atoms with Gasteiger partial charge in [0, 0.05) is 5.69 Å². The molecule has 7 heteroatoms. The predicted octanol–water partition coefficient (Wildman–Crippen LogP) is 4.51. The second kappa shape index (κ2) is 9.40. The quantitative estimate of drug-likeness (QED) is 0.708. The number of carbonyl (C=O) groups is 1. The molecule has 0 fully saturated rings. The summed E-state index contributed by atoms with van der Waals surface area (Å²) in [6.45, 7) is 4.61. The largest absolute Gasteiger partial charge is 0.495 e. The monoisotopic (exact) mass is 392 g/mol. The van der Waals surface area contributed by atoms with Gasteiger partial charge in [-0.2, -0.15) is 0 Å². The van der Waals surface area contributed by atoms with E-state index in [1.54, 1.807) is 36.4 Å². The normalized spacial score (nSPS) is 10.3. The van der Waals surface area contributed by atoms with E-state index in [0.29, 0.717) is 40.3 Å². The fourth-order valence-electron chi connectivity index (χ4n) is 2.11. The van der Waals surface area contributed by atoms with Crippen LogP contribution in [0.25, 0.3) is 0 Å². The summed E-state index contributed by atoms with van der Waals surface area (Å²) in [7, 11) is 1.54. The van der Waals surface area contributed by atoms with E-state index < -0.39 is 0 Å². The molecule has 0 saturated carbocycles. The molecule has 0 aliphatic heterocycles. The molecule has 2 aromatic carbocycles. The predicted molar refractivity (Wildman–Crippen MR) is 108 cm³/mol. The second-order valence-corrected chi connectivity index (χ2v) is 6.77. The molecule has 1 amide bonds. The minimum atomic E-state index is -0.346. The molecule has 138 valence electrons. The Bertz CT molecular complexity index is 796. The van der Waals surface area contributed by atoms with Crippen LogP contribution in [0.1, 0.15) is 24.2 Å². The van der Waals surface area contributed by atoms with Gasteiger partial charge in [-0.25, -0.2) is 0 Å². The van der Waals surface area contributed by atoms with Crippen molar-refractivity contribution in [3.05, 3.63) is 53.1 Å². The number of benzene rings is 2. The molecule has 2 rings (SSSR count). The number of carbonyl (C=O) groups excluding carboxylic acids is 1. The van der Waals surface area contributed by atoms with Crippen molar-refractivity contribution in [1.82, 2.24) is 5.32 Å². The first kappa shape index (κ1) is 20.0. The maximum absolute atomic E-state index is 12.5. The standard InChI is InChI=1S/C19H21ClN2O3S/c1-12(2)11-25-16-7-5-4-6-14(16)18(23)22-19(26)21-13-8-9-17(24-3)15(20)10-13/h4-10,12H,11H2,1-3H3,(H2,21,22,23,26). The highest BCUT2D eigenvalue weighted by atomic mass is 35.5. The highest BCUT2D eigenvalue weighted by Crippen LogP contribution is 2.27. The average Bonchev–Trinajstić information content (AvgIpc) is 2.60. The van der Waals surface area contributed by atoms with Crippen LogP contribution in [0.2, 0.25) is 5.02 Å². The van der Waals surface area contributed by atoms with Gasteiger partial charge in [-0.1, -0.05) is 37.6 Å². The summed E-state index contributed by atoms with van der Waals surface area (Å²) < 4.78 is 10.8. The average molecular weight is 393 g/mol. The van der Waals surface area contributed by atoms with Crippen molar-refractivity contribution in [2.75, 3.05) is 19.0 Å². The van der Waals surface area contributed by atoms with Crippen molar-refractivity contribution in [2.45, 2.75) is 13.8 Å². The Hall–Kier alpha value is -2.31. The van der Waals surface area contributed by atoms with Crippen LogP contribution in [0.4, 0.5) is 5.69 Å². The summed E-state index contributed by atoms with van der Waals surface area (Å²) in [5.41, 5.74) is 1.07. The molecule has 0 aliphatic carbocycles. The van der Waals surface area contributed by atoms with Crippen LogP contribution in [-0.4, -0.2) is 24.7 Å². The summed E-state index contributed by atoms with van der Waals surface area (Å²) >= 11 is 11.3. The Morgan fingerprint density at radius 2 is 1.92 bits per heavy atom. The maximum atomic E-state index is 12.5. The topological polar surface area (TPSA) is 59.6 Å². The Balaban J connectivity index is 2.03. The first-order chi connectivity index (χ1) is 12.4. The molecule has 2 aromatic rings. The van der Waals surface area contributed by atoms with Crippen LogP contribution in [0.15, 0.2) is 42.5 Å². The number of rotatable bonds is 6. The van der Waals surface area contributed by atoms with E-state index in [2.05, 4.69) is 10.6 Å². The second-order valence-electron chi connectivity index (χ2n) is 5.96. The molecule has 0 heterocycles. The Labute approximate surface area is 163 Å². The lowest BCUT2D eigenvalue weighted by molar-refractivity contribution is 0.0973. The number of nitrogens with one attached hydrogen (secondary N) is 2. The summed E-state index contributed by atoms with van der Waals surface area (Å²) in [5.74, 6) is 1.09. The zero-order valence-corrected chi connectivity index (χ0v) is 16.4. The zero-order chi connectivity index (χ0) is 19.1. The van der Waals surface area contributed by atoms with Gasteiger partial charge in [-0.3, -0.25) is 10.1 Å². The minimum Gasteiger partial charge on any atom is -0.495 e. The van der Waals surface area contributed by atoms with Gasteiger partial charge in [0.25, 0.3) is 5.91 Å². The molecule has 0 bridgehead atoms. The number of hydrogen-bond donors (Lipinski definition) is 2. The third-order valence-corrected chi connectivity index (χ3v) is 3.84. The third-order valence-electron chi connectivity index (χ3n) is 3.34. The van der Waals surface area contributed by atoms with E-state index >= 15 is 0 Å². The molecule has 0 unspecified atom stereocenters. The number of amides is 1. The minimum absolute atomic E-state index is 0.162. The number of thiocarbonyl (C=S) groups is 1. The molecule has 0 radical (unpaired) electrons. The van der Waals surface area contributed by atoms with Crippen LogP contribution in [-0.2, 0) is 0 Å². The fourth-order valence-corrected chi connectivity index (χ4v) is 2.58. The van der Waals surface area contributed by atoms with E-state index in [1.165, 1.54) is 7.11 Å². The van der Waals surface area contributed by atoms with Gasteiger partial charge in [0.1, 0.15) is 11.5 Å². The van der Waals surface area contributed by atoms with Crippen molar-refractivity contribution in [1.29, 1.82) is 0 Å². The summed E-state index contributed by atoms with van der Waals surface area (Å²) in [4.78, 5) is 12.5. The Kier molecular flexibility index (Phi) is 7.24. The smallest absolute Gasteiger partial charge is 0.261 e. The fraction of sp³-hybridized carbons (Fsp3) is 0.263. The SMILES string of the molecule is COc1ccc(NC(=S)NC(=O)c2ccccc2OCC(C)C)cc1Cl. The van der Waals surface area contributed by atoms with Crippen molar-refractivity contribution < 1.29 is 14.3 Å². The van der Waals surface area contributed by atoms with Crippen molar-refractivity contribution in [3.63, 3.8) is 0 Å². The van der Waals surface area contributed by atoms with E-state index in [-0.39, 0.29) is 11.0 Å². The number of anilines is 1. The van der Waals surface area contributed by atoms with E-state index in [9.17, 15) is 4.79 Å². The maximum Gasteiger partial charge on any atom is 0.261 e. The zero-order valence-electron chi connectivity index (χ0n) is 14.8. The molecule has 0 spiro atoms. The van der Waals surface area contributed by atoms with Crippen LogP contribution < -0.4 is 20.1 Å². The van der Waals surface area contributed by atoms with Gasteiger partial charge in [0.05, 0.1) is 24.3 Å². The lowest BCUT2D eigenvalue weighted by Gasteiger charge is -2.14. The van der Waals surface area contributed by atoms with Crippen molar-refractivity contribution in [2.24, 2.45) is 5.92 Å². The molecular weight excluding hydrogens is 372 g/mol. The van der Waals surface area contributed by atoms with Gasteiger partial charge in [-0.05, 0) is 48.5 Å². The summed E-state index contributed by atoms with van der Waals surface area (Å²) in [5, 5.41) is 6.18. The molecule has 0 atom stereocenters. The third kappa shape index (κ3) is 5.61. The van der Waals surface area contributed by atoms with Crippen LogP contribution in [0, 0.1) is 5.92 Å². The number of ether oxygens (including phenoxy) is 2. The van der Waals surface area contributed by atoms with E-state index in [0.717, 1.165) is 0 Å². The van der Waals surface area contributed by atoms with Crippen LogP contribution in [0.5, 0.6) is 11.5 Å². The summed E-state index contributed by atoms with van der Waals surface area (Å²) in [6.07, 6.45) is 0. The number of halogens is 1. The van der Waals surface area contributed by atoms with Crippen molar-refractivity contribution in [3.8, 4) is 11.5 Å².